The van der Waals surface area contributed by atoms with Gasteiger partial charge in [0.25, 0.3) is 0 Å². The van der Waals surface area contributed by atoms with Crippen molar-refractivity contribution in [2.75, 3.05) is 13.1 Å². The molecule has 3 rings (SSSR count). The van der Waals surface area contributed by atoms with E-state index in [0.29, 0.717) is 6.54 Å². The van der Waals surface area contributed by atoms with E-state index in [1.807, 2.05) is 30.3 Å². The molecule has 0 aliphatic carbocycles. The number of hydrogen-bond donors (Lipinski definition) is 1. The fourth-order valence-corrected chi connectivity index (χ4v) is 2.42. The molecule has 0 spiro atoms. The monoisotopic (exact) mass is 351 g/mol. The molecular formula is C17H16F3N3O2. The molecule has 0 saturated carbocycles. The van der Waals surface area contributed by atoms with Gasteiger partial charge in [0.2, 0.25) is 5.88 Å². The van der Waals surface area contributed by atoms with Gasteiger partial charge in [0.15, 0.2) is 0 Å². The van der Waals surface area contributed by atoms with Crippen LogP contribution >= 0.6 is 0 Å². The molecule has 1 N–H and O–H groups in total. The summed E-state index contributed by atoms with van der Waals surface area (Å²) >= 11 is 0. The molecule has 0 atom stereocenters. The third-order valence-corrected chi connectivity index (χ3v) is 3.78. The van der Waals surface area contributed by atoms with Crippen LogP contribution in [0.25, 0.3) is 0 Å². The van der Waals surface area contributed by atoms with Crippen molar-refractivity contribution < 1.29 is 22.7 Å². The maximum absolute atomic E-state index is 12.9. The molecule has 132 valence electrons. The van der Waals surface area contributed by atoms with Crippen molar-refractivity contribution in [3.05, 3.63) is 59.8 Å². The van der Waals surface area contributed by atoms with Crippen molar-refractivity contribution in [1.82, 2.24) is 15.2 Å². The van der Waals surface area contributed by atoms with Crippen molar-refractivity contribution in [2.24, 2.45) is 0 Å². The standard InChI is InChI=1S/C17H16F3N3O2/c18-17(19,20)14-7-4-8-21-15(14)25-13-10-23(11-13)16(24)22-9-12-5-2-1-3-6-12/h1-8,13H,9-11H2,(H,22,24). The summed E-state index contributed by atoms with van der Waals surface area (Å²) in [5.74, 6) is -0.454. The van der Waals surface area contributed by atoms with Gasteiger partial charge in [-0.05, 0) is 17.7 Å². The highest BCUT2D eigenvalue weighted by molar-refractivity contribution is 5.75. The molecule has 0 unspecified atom stereocenters. The molecule has 2 heterocycles. The highest BCUT2D eigenvalue weighted by Crippen LogP contribution is 2.35. The van der Waals surface area contributed by atoms with Crippen LogP contribution in [0.3, 0.4) is 0 Å². The Hall–Kier alpha value is -2.77. The minimum atomic E-state index is -4.53. The number of likely N-dealkylation sites (tertiary alicyclic amines) is 1. The highest BCUT2D eigenvalue weighted by atomic mass is 19.4. The number of rotatable bonds is 4. The number of alkyl halides is 3. The summed E-state index contributed by atoms with van der Waals surface area (Å²) in [6.07, 6.45) is -3.79. The van der Waals surface area contributed by atoms with Crippen LogP contribution in [0, 0.1) is 0 Å². The van der Waals surface area contributed by atoms with E-state index in [9.17, 15) is 18.0 Å². The maximum atomic E-state index is 12.9. The number of nitrogens with zero attached hydrogens (tertiary/aromatic N) is 2. The van der Waals surface area contributed by atoms with E-state index < -0.39 is 23.7 Å². The molecule has 2 amide bonds. The van der Waals surface area contributed by atoms with Gasteiger partial charge in [-0.15, -0.1) is 0 Å². The number of carbonyl (C=O) groups is 1. The number of hydrogen-bond acceptors (Lipinski definition) is 3. The van der Waals surface area contributed by atoms with Gasteiger partial charge in [-0.3, -0.25) is 0 Å². The van der Waals surface area contributed by atoms with E-state index in [0.717, 1.165) is 11.6 Å². The maximum Gasteiger partial charge on any atom is 0.421 e. The van der Waals surface area contributed by atoms with Crippen molar-refractivity contribution >= 4 is 6.03 Å². The topological polar surface area (TPSA) is 54.5 Å². The summed E-state index contributed by atoms with van der Waals surface area (Å²) in [4.78, 5) is 17.1. The van der Waals surface area contributed by atoms with E-state index in [-0.39, 0.29) is 19.1 Å². The average Bonchev–Trinajstić information content (AvgIpc) is 2.56. The molecule has 5 nitrogen and oxygen atoms in total. The third-order valence-electron chi connectivity index (χ3n) is 3.78. The Labute approximate surface area is 142 Å². The second-order valence-electron chi connectivity index (χ2n) is 5.64. The van der Waals surface area contributed by atoms with E-state index in [1.54, 1.807) is 0 Å². The zero-order chi connectivity index (χ0) is 17.9. The third kappa shape index (κ3) is 4.20. The normalized spacial score (nSPS) is 14.8. The van der Waals surface area contributed by atoms with E-state index in [4.69, 9.17) is 4.74 Å². The largest absolute Gasteiger partial charge is 0.470 e. The highest BCUT2D eigenvalue weighted by Gasteiger charge is 2.38. The number of halogens is 3. The van der Waals surface area contributed by atoms with Crippen LogP contribution in [0.1, 0.15) is 11.1 Å². The van der Waals surface area contributed by atoms with Gasteiger partial charge < -0.3 is 15.0 Å². The molecule has 0 radical (unpaired) electrons. The lowest BCUT2D eigenvalue weighted by Crippen LogP contribution is -2.58. The summed E-state index contributed by atoms with van der Waals surface area (Å²) < 4.78 is 44.0. The second-order valence-corrected chi connectivity index (χ2v) is 5.64. The van der Waals surface area contributed by atoms with Crippen molar-refractivity contribution in [1.29, 1.82) is 0 Å². The van der Waals surface area contributed by atoms with Gasteiger partial charge >= 0.3 is 12.2 Å². The fraction of sp³-hybridized carbons (Fsp3) is 0.294. The molecule has 8 heteroatoms. The molecule has 1 aliphatic heterocycles. The molecule has 0 bridgehead atoms. The Morgan fingerprint density at radius 3 is 2.60 bits per heavy atom. The lowest BCUT2D eigenvalue weighted by Gasteiger charge is -2.38. The Balaban J connectivity index is 1.49. The van der Waals surface area contributed by atoms with Crippen LogP contribution < -0.4 is 10.1 Å². The Kier molecular flexibility index (Phi) is 4.78. The number of urea groups is 1. The summed E-state index contributed by atoms with van der Waals surface area (Å²) in [5.41, 5.74) is 0.0504. The van der Waals surface area contributed by atoms with Crippen LogP contribution in [-0.4, -0.2) is 35.1 Å². The number of benzene rings is 1. The number of pyridine rings is 1. The smallest absolute Gasteiger partial charge is 0.421 e. The molecular weight excluding hydrogens is 335 g/mol. The number of ether oxygens (including phenoxy) is 1. The van der Waals surface area contributed by atoms with Gasteiger partial charge in [0.1, 0.15) is 11.7 Å². The minimum absolute atomic E-state index is 0.217. The van der Waals surface area contributed by atoms with E-state index in [1.165, 1.54) is 17.2 Å². The second kappa shape index (κ2) is 7.00. The Bertz CT molecular complexity index is 731. The number of carbonyl (C=O) groups excluding carboxylic acids is 1. The zero-order valence-electron chi connectivity index (χ0n) is 13.2. The predicted molar refractivity (Wildman–Crippen MR) is 83.9 cm³/mol. The van der Waals surface area contributed by atoms with E-state index >= 15 is 0 Å². The number of aromatic nitrogens is 1. The van der Waals surface area contributed by atoms with Crippen molar-refractivity contribution in [3.8, 4) is 5.88 Å². The molecule has 25 heavy (non-hydrogen) atoms. The summed E-state index contributed by atoms with van der Waals surface area (Å²) in [6.45, 7) is 0.823. The van der Waals surface area contributed by atoms with Crippen LogP contribution in [-0.2, 0) is 12.7 Å². The molecule has 1 aromatic carbocycles. The van der Waals surface area contributed by atoms with E-state index in [2.05, 4.69) is 10.3 Å². The Morgan fingerprint density at radius 1 is 1.20 bits per heavy atom. The quantitative estimate of drug-likeness (QED) is 0.921. The van der Waals surface area contributed by atoms with Crippen molar-refractivity contribution in [2.45, 2.75) is 18.8 Å². The van der Waals surface area contributed by atoms with Gasteiger partial charge in [-0.2, -0.15) is 13.2 Å². The first-order valence-corrected chi connectivity index (χ1v) is 7.69. The van der Waals surface area contributed by atoms with Gasteiger partial charge in [-0.1, -0.05) is 30.3 Å². The first kappa shape index (κ1) is 17.1. The first-order valence-electron chi connectivity index (χ1n) is 7.69. The fourth-order valence-electron chi connectivity index (χ4n) is 2.42. The summed E-state index contributed by atoms with van der Waals surface area (Å²) in [7, 11) is 0. The van der Waals surface area contributed by atoms with Crippen LogP contribution in [0.2, 0.25) is 0 Å². The number of amides is 2. The summed E-state index contributed by atoms with van der Waals surface area (Å²) in [6, 6.07) is 11.3. The van der Waals surface area contributed by atoms with Crippen LogP contribution in [0.15, 0.2) is 48.7 Å². The zero-order valence-corrected chi connectivity index (χ0v) is 13.2. The SMILES string of the molecule is O=C(NCc1ccccc1)N1CC(Oc2ncccc2C(F)(F)F)C1. The number of nitrogens with one attached hydrogen (secondary N) is 1. The van der Waals surface area contributed by atoms with Crippen LogP contribution in [0.4, 0.5) is 18.0 Å². The minimum Gasteiger partial charge on any atom is -0.470 e. The average molecular weight is 351 g/mol. The van der Waals surface area contributed by atoms with Gasteiger partial charge in [-0.25, -0.2) is 9.78 Å². The Morgan fingerprint density at radius 2 is 1.92 bits per heavy atom. The van der Waals surface area contributed by atoms with Gasteiger partial charge in [0.05, 0.1) is 13.1 Å². The molecule has 1 saturated heterocycles. The molecule has 1 aliphatic rings. The predicted octanol–water partition coefficient (Wildman–Crippen LogP) is 3.07. The van der Waals surface area contributed by atoms with Crippen LogP contribution in [0.5, 0.6) is 5.88 Å². The first-order chi connectivity index (χ1) is 11.9. The lowest BCUT2D eigenvalue weighted by molar-refractivity contribution is -0.140. The molecule has 1 fully saturated rings. The van der Waals surface area contributed by atoms with Crippen molar-refractivity contribution in [3.63, 3.8) is 0 Å². The van der Waals surface area contributed by atoms with Gasteiger partial charge in [0, 0.05) is 12.7 Å². The summed E-state index contributed by atoms with van der Waals surface area (Å²) in [5, 5.41) is 2.76. The molecule has 1 aromatic heterocycles. The lowest BCUT2D eigenvalue weighted by atomic mass is 10.1. The molecule has 2 aromatic rings.